The van der Waals surface area contributed by atoms with Gasteiger partial charge in [-0.05, 0) is 13.3 Å². The number of amides is 1. The second-order valence-corrected chi connectivity index (χ2v) is 3.54. The van der Waals surface area contributed by atoms with Crippen molar-refractivity contribution in [2.24, 2.45) is 0 Å². The molecule has 1 atom stereocenters. The van der Waals surface area contributed by atoms with Gasteiger partial charge in [0.15, 0.2) is 23.2 Å². The lowest BCUT2D eigenvalue weighted by molar-refractivity contribution is 0.194. The summed E-state index contributed by atoms with van der Waals surface area (Å²) in [6.07, 6.45) is -0.251. The predicted molar refractivity (Wildman–Crippen MR) is 55.2 cm³/mol. The maximum absolute atomic E-state index is 13.1. The molecule has 0 saturated carbocycles. The summed E-state index contributed by atoms with van der Waals surface area (Å²) in [5, 5.41) is 2.40. The lowest BCUT2D eigenvalue weighted by Gasteiger charge is -2.11. The van der Waals surface area contributed by atoms with Gasteiger partial charge >= 0.3 is 6.09 Å². The average molecular weight is 247 g/mol. The normalized spacial score (nSPS) is 12.1. The highest BCUT2D eigenvalue weighted by Gasteiger charge is 2.15. The molecular formula is C11H12F3NO2. The topological polar surface area (TPSA) is 38.3 Å². The zero-order chi connectivity index (χ0) is 13.0. The van der Waals surface area contributed by atoms with E-state index in [4.69, 9.17) is 0 Å². The van der Waals surface area contributed by atoms with Crippen molar-refractivity contribution in [2.45, 2.75) is 26.3 Å². The smallest absolute Gasteiger partial charge is 0.407 e. The average Bonchev–Trinajstić information content (AvgIpc) is 2.25. The first-order valence-electron chi connectivity index (χ1n) is 5.07. The Labute approximate surface area is 96.6 Å². The zero-order valence-electron chi connectivity index (χ0n) is 9.39. The van der Waals surface area contributed by atoms with Gasteiger partial charge in [-0.2, -0.15) is 0 Å². The van der Waals surface area contributed by atoms with Crippen LogP contribution in [0.15, 0.2) is 12.1 Å². The first-order valence-corrected chi connectivity index (χ1v) is 5.07. The first-order chi connectivity index (χ1) is 7.93. The Balaban J connectivity index is 2.75. The maximum Gasteiger partial charge on any atom is 0.412 e. The number of carbonyl (C=O) groups is 1. The van der Waals surface area contributed by atoms with Crippen LogP contribution >= 0.6 is 0 Å². The lowest BCUT2D eigenvalue weighted by atomic mass is 10.3. The molecule has 94 valence electrons. The van der Waals surface area contributed by atoms with Gasteiger partial charge in [0.05, 0.1) is 0 Å². The number of benzene rings is 1. The molecule has 3 nitrogen and oxygen atoms in total. The Morgan fingerprint density at radius 2 is 1.88 bits per heavy atom. The van der Waals surface area contributed by atoms with Crippen molar-refractivity contribution in [1.29, 1.82) is 0 Å². The van der Waals surface area contributed by atoms with E-state index in [0.717, 1.165) is 0 Å². The standard InChI is InChI=1S/C11H12F3NO2/c1-3-6(2)15-11(16)17-10-5-8(13)7(12)4-9(10)14/h4-6H,3H2,1-2H3,(H,15,16). The van der Waals surface area contributed by atoms with Gasteiger partial charge in [-0.1, -0.05) is 6.92 Å². The summed E-state index contributed by atoms with van der Waals surface area (Å²) in [6, 6.07) is 0.651. The summed E-state index contributed by atoms with van der Waals surface area (Å²) in [7, 11) is 0. The van der Waals surface area contributed by atoms with E-state index in [1.807, 2.05) is 6.92 Å². The van der Waals surface area contributed by atoms with Crippen molar-refractivity contribution in [1.82, 2.24) is 5.32 Å². The fourth-order valence-corrected chi connectivity index (χ4v) is 1.02. The fourth-order valence-electron chi connectivity index (χ4n) is 1.02. The second kappa shape index (κ2) is 5.56. The van der Waals surface area contributed by atoms with Crippen LogP contribution in [-0.2, 0) is 0 Å². The molecule has 1 amide bonds. The van der Waals surface area contributed by atoms with Crippen molar-refractivity contribution < 1.29 is 22.7 Å². The van der Waals surface area contributed by atoms with Gasteiger partial charge in [0.1, 0.15) is 0 Å². The molecule has 17 heavy (non-hydrogen) atoms. The molecule has 0 fully saturated rings. The number of ether oxygens (including phenoxy) is 1. The Morgan fingerprint density at radius 3 is 2.47 bits per heavy atom. The first kappa shape index (κ1) is 13.3. The van der Waals surface area contributed by atoms with Crippen molar-refractivity contribution in [3.05, 3.63) is 29.6 Å². The predicted octanol–water partition coefficient (Wildman–Crippen LogP) is 2.99. The van der Waals surface area contributed by atoms with Crippen molar-refractivity contribution in [3.63, 3.8) is 0 Å². The number of halogens is 3. The summed E-state index contributed by atoms with van der Waals surface area (Å²) in [5.74, 6) is -4.40. The molecule has 1 N–H and O–H groups in total. The molecule has 6 heteroatoms. The minimum absolute atomic E-state index is 0.157. The molecule has 0 aliphatic rings. The van der Waals surface area contributed by atoms with E-state index in [2.05, 4.69) is 10.1 Å². The third-order valence-electron chi connectivity index (χ3n) is 2.15. The van der Waals surface area contributed by atoms with E-state index in [1.54, 1.807) is 6.92 Å². The van der Waals surface area contributed by atoms with Crippen LogP contribution in [0.4, 0.5) is 18.0 Å². The summed E-state index contributed by atoms with van der Waals surface area (Å²) in [6.45, 7) is 3.56. The summed E-state index contributed by atoms with van der Waals surface area (Å²) < 4.78 is 43.0. The molecule has 0 bridgehead atoms. The highest BCUT2D eigenvalue weighted by molar-refractivity contribution is 5.70. The summed E-state index contributed by atoms with van der Waals surface area (Å²) in [4.78, 5) is 11.2. The molecule has 0 aliphatic carbocycles. The molecule has 1 unspecified atom stereocenters. The van der Waals surface area contributed by atoms with Crippen LogP contribution in [0, 0.1) is 17.5 Å². The van der Waals surface area contributed by atoms with Crippen molar-refractivity contribution in [2.75, 3.05) is 0 Å². The number of carbonyl (C=O) groups excluding carboxylic acids is 1. The summed E-state index contributed by atoms with van der Waals surface area (Å²) in [5.41, 5.74) is 0. The van der Waals surface area contributed by atoms with E-state index >= 15 is 0 Å². The molecule has 0 saturated heterocycles. The molecule has 0 aromatic heterocycles. The van der Waals surface area contributed by atoms with Crippen LogP contribution in [0.25, 0.3) is 0 Å². The summed E-state index contributed by atoms with van der Waals surface area (Å²) >= 11 is 0. The van der Waals surface area contributed by atoms with Crippen LogP contribution in [0.5, 0.6) is 5.75 Å². The van der Waals surface area contributed by atoms with Crippen LogP contribution in [0.3, 0.4) is 0 Å². The number of hydrogen-bond donors (Lipinski definition) is 1. The lowest BCUT2D eigenvalue weighted by Crippen LogP contribution is -2.34. The van der Waals surface area contributed by atoms with Crippen molar-refractivity contribution in [3.8, 4) is 5.75 Å². The Bertz CT molecular complexity index is 423. The van der Waals surface area contributed by atoms with Gasteiger partial charge < -0.3 is 10.1 Å². The Hall–Kier alpha value is -1.72. The fraction of sp³-hybridized carbons (Fsp3) is 0.364. The van der Waals surface area contributed by atoms with E-state index in [-0.39, 0.29) is 6.04 Å². The minimum atomic E-state index is -1.34. The zero-order valence-corrected chi connectivity index (χ0v) is 9.39. The van der Waals surface area contributed by atoms with E-state index in [1.165, 1.54) is 0 Å². The molecule has 1 aromatic carbocycles. The monoisotopic (exact) mass is 247 g/mol. The molecule has 0 aliphatic heterocycles. The molecule has 0 radical (unpaired) electrons. The minimum Gasteiger partial charge on any atom is -0.407 e. The van der Waals surface area contributed by atoms with E-state index in [9.17, 15) is 18.0 Å². The van der Waals surface area contributed by atoms with Crippen LogP contribution in [0.2, 0.25) is 0 Å². The number of nitrogens with one attached hydrogen (secondary N) is 1. The van der Waals surface area contributed by atoms with Gasteiger partial charge in [0.25, 0.3) is 0 Å². The van der Waals surface area contributed by atoms with Gasteiger partial charge in [-0.25, -0.2) is 18.0 Å². The number of hydrogen-bond acceptors (Lipinski definition) is 2. The number of rotatable bonds is 3. The third-order valence-corrected chi connectivity index (χ3v) is 2.15. The van der Waals surface area contributed by atoms with E-state index in [0.29, 0.717) is 18.6 Å². The highest BCUT2D eigenvalue weighted by Crippen LogP contribution is 2.20. The third kappa shape index (κ3) is 3.65. The molecule has 1 rings (SSSR count). The van der Waals surface area contributed by atoms with Crippen LogP contribution < -0.4 is 10.1 Å². The van der Waals surface area contributed by atoms with Crippen LogP contribution in [0.1, 0.15) is 20.3 Å². The molecule has 0 heterocycles. The van der Waals surface area contributed by atoms with Gasteiger partial charge in [0.2, 0.25) is 0 Å². The highest BCUT2D eigenvalue weighted by atomic mass is 19.2. The van der Waals surface area contributed by atoms with Gasteiger partial charge in [-0.15, -0.1) is 0 Å². The van der Waals surface area contributed by atoms with Crippen LogP contribution in [-0.4, -0.2) is 12.1 Å². The Kier molecular flexibility index (Phi) is 4.37. The van der Waals surface area contributed by atoms with Gasteiger partial charge in [-0.3, -0.25) is 0 Å². The SMILES string of the molecule is CCC(C)NC(=O)Oc1cc(F)c(F)cc1F. The molecule has 1 aromatic rings. The Morgan fingerprint density at radius 1 is 1.29 bits per heavy atom. The van der Waals surface area contributed by atoms with Crippen molar-refractivity contribution >= 4 is 6.09 Å². The molecular weight excluding hydrogens is 235 g/mol. The van der Waals surface area contributed by atoms with Gasteiger partial charge in [0, 0.05) is 18.2 Å². The maximum atomic E-state index is 13.1. The van der Waals surface area contributed by atoms with E-state index < -0.39 is 29.3 Å². The molecule has 0 spiro atoms. The largest absolute Gasteiger partial charge is 0.412 e. The second-order valence-electron chi connectivity index (χ2n) is 3.54. The quantitative estimate of drug-likeness (QED) is 0.834.